The highest BCUT2D eigenvalue weighted by molar-refractivity contribution is 6.11. The standard InChI is InChI=1S/C29H34O7/c1-15(30)36-26-8-7-22-19-6-5-16-11-23(31)21(14-20(16)18(19)9-10-29(22,26)2)27(32)17-12-24(34-3)28(33)25(13-17)35-4/h11-14,18-19,22,26,31,33H,5-10H2,1-4H3/t18-,19+,22-,26-,29-/m0/s1. The average molecular weight is 495 g/mol. The van der Waals surface area contributed by atoms with Crippen LogP contribution in [0.1, 0.15) is 78.9 Å². The Kier molecular flexibility index (Phi) is 6.13. The number of esters is 1. The molecule has 192 valence electrons. The molecule has 7 nitrogen and oxygen atoms in total. The van der Waals surface area contributed by atoms with E-state index >= 15 is 0 Å². The summed E-state index contributed by atoms with van der Waals surface area (Å²) in [5, 5.41) is 21.1. The second-order valence-electron chi connectivity index (χ2n) is 10.8. The number of phenolic OH excluding ortho intramolecular Hbond substituents is 2. The molecule has 2 N–H and O–H groups in total. The first-order valence-electron chi connectivity index (χ1n) is 12.7. The molecule has 0 amide bonds. The number of carbonyl (C=O) groups excluding carboxylic acids is 2. The van der Waals surface area contributed by atoms with Crippen molar-refractivity contribution in [2.24, 2.45) is 17.3 Å². The molecule has 0 spiro atoms. The monoisotopic (exact) mass is 494 g/mol. The number of benzene rings is 2. The lowest BCUT2D eigenvalue weighted by Gasteiger charge is -2.50. The number of rotatable bonds is 5. The Morgan fingerprint density at radius 1 is 0.972 bits per heavy atom. The van der Waals surface area contributed by atoms with E-state index in [4.69, 9.17) is 14.2 Å². The van der Waals surface area contributed by atoms with Gasteiger partial charge in [-0.2, -0.15) is 0 Å². The van der Waals surface area contributed by atoms with Crippen molar-refractivity contribution in [1.82, 2.24) is 0 Å². The highest BCUT2D eigenvalue weighted by atomic mass is 16.5. The van der Waals surface area contributed by atoms with Crippen LogP contribution in [0, 0.1) is 17.3 Å². The Morgan fingerprint density at radius 2 is 1.67 bits per heavy atom. The van der Waals surface area contributed by atoms with Crippen LogP contribution in [0.5, 0.6) is 23.0 Å². The van der Waals surface area contributed by atoms with Gasteiger partial charge in [-0.25, -0.2) is 0 Å². The molecule has 0 heterocycles. The molecular formula is C29H34O7. The van der Waals surface area contributed by atoms with Gasteiger partial charge in [0.15, 0.2) is 17.3 Å². The van der Waals surface area contributed by atoms with E-state index in [1.165, 1.54) is 33.3 Å². The van der Waals surface area contributed by atoms with Crippen molar-refractivity contribution in [3.05, 3.63) is 46.5 Å². The zero-order valence-corrected chi connectivity index (χ0v) is 21.3. The fraction of sp³-hybridized carbons (Fsp3) is 0.517. The molecule has 0 saturated heterocycles. The second kappa shape index (κ2) is 9.02. The van der Waals surface area contributed by atoms with E-state index in [0.717, 1.165) is 49.7 Å². The number of ether oxygens (including phenoxy) is 3. The molecule has 5 rings (SSSR count). The highest BCUT2D eigenvalue weighted by Gasteiger charge is 2.56. The van der Waals surface area contributed by atoms with Gasteiger partial charge in [0.25, 0.3) is 0 Å². The molecule has 3 aliphatic rings. The minimum absolute atomic E-state index is 0.0148. The first kappa shape index (κ1) is 24.5. The summed E-state index contributed by atoms with van der Waals surface area (Å²) in [6, 6.07) is 6.54. The Hall–Kier alpha value is -3.22. The number of carbonyl (C=O) groups is 2. The molecular weight excluding hydrogens is 460 g/mol. The van der Waals surface area contributed by atoms with Crippen molar-refractivity contribution < 1.29 is 34.0 Å². The van der Waals surface area contributed by atoms with Gasteiger partial charge < -0.3 is 24.4 Å². The van der Waals surface area contributed by atoms with Crippen LogP contribution in [0.25, 0.3) is 0 Å². The molecule has 36 heavy (non-hydrogen) atoms. The van der Waals surface area contributed by atoms with Crippen LogP contribution >= 0.6 is 0 Å². The molecule has 7 heteroatoms. The van der Waals surface area contributed by atoms with Gasteiger partial charge >= 0.3 is 5.97 Å². The summed E-state index contributed by atoms with van der Waals surface area (Å²) in [5.74, 6) is 0.701. The number of hydrogen-bond acceptors (Lipinski definition) is 7. The largest absolute Gasteiger partial charge is 0.507 e. The second-order valence-corrected chi connectivity index (χ2v) is 10.8. The first-order valence-corrected chi connectivity index (χ1v) is 12.7. The number of methoxy groups -OCH3 is 2. The zero-order valence-electron chi connectivity index (χ0n) is 21.3. The van der Waals surface area contributed by atoms with Crippen molar-refractivity contribution in [3.63, 3.8) is 0 Å². The van der Waals surface area contributed by atoms with Crippen LogP contribution in [0.4, 0.5) is 0 Å². The Labute approximate surface area is 211 Å². The molecule has 2 aromatic carbocycles. The summed E-state index contributed by atoms with van der Waals surface area (Å²) in [4.78, 5) is 25.2. The Bertz CT molecular complexity index is 1190. The van der Waals surface area contributed by atoms with Crippen LogP contribution < -0.4 is 9.47 Å². The molecule has 0 unspecified atom stereocenters. The lowest BCUT2D eigenvalue weighted by atomic mass is 9.55. The quantitative estimate of drug-likeness (QED) is 0.439. The predicted molar refractivity (Wildman–Crippen MR) is 133 cm³/mol. The van der Waals surface area contributed by atoms with Crippen LogP contribution in [-0.4, -0.2) is 42.3 Å². The van der Waals surface area contributed by atoms with Gasteiger partial charge in [0.1, 0.15) is 11.9 Å². The van der Waals surface area contributed by atoms with E-state index in [2.05, 4.69) is 6.92 Å². The van der Waals surface area contributed by atoms with Gasteiger partial charge in [-0.3, -0.25) is 9.59 Å². The zero-order chi connectivity index (χ0) is 25.8. The maximum Gasteiger partial charge on any atom is 0.302 e. The summed E-state index contributed by atoms with van der Waals surface area (Å²) in [7, 11) is 2.82. The van der Waals surface area contributed by atoms with Crippen molar-refractivity contribution in [3.8, 4) is 23.0 Å². The molecule has 2 aromatic rings. The molecule has 0 radical (unpaired) electrons. The molecule has 0 aliphatic heterocycles. The van der Waals surface area contributed by atoms with Crippen LogP contribution in [0.3, 0.4) is 0 Å². The van der Waals surface area contributed by atoms with Gasteiger partial charge in [-0.1, -0.05) is 6.92 Å². The van der Waals surface area contributed by atoms with Crippen molar-refractivity contribution in [2.75, 3.05) is 14.2 Å². The van der Waals surface area contributed by atoms with Gasteiger partial charge in [0.2, 0.25) is 5.75 Å². The SMILES string of the molecule is COc1cc(C(=O)c2cc3c(cc2O)CC[C@@H]2[C@@H]3CC[C@]3(C)[C@@H](OC(C)=O)CC[C@@H]23)cc(OC)c1O. The van der Waals surface area contributed by atoms with Gasteiger partial charge in [-0.05, 0) is 91.7 Å². The number of phenols is 2. The maximum atomic E-state index is 13.5. The molecule has 5 atom stereocenters. The lowest BCUT2D eigenvalue weighted by Crippen LogP contribution is -2.45. The molecule has 3 aliphatic carbocycles. The fourth-order valence-corrected chi connectivity index (χ4v) is 7.32. The van der Waals surface area contributed by atoms with Crippen LogP contribution in [0.2, 0.25) is 0 Å². The summed E-state index contributed by atoms with van der Waals surface area (Å²) in [6.07, 6.45) is 5.73. The minimum atomic E-state index is -0.356. The summed E-state index contributed by atoms with van der Waals surface area (Å²) >= 11 is 0. The summed E-state index contributed by atoms with van der Waals surface area (Å²) < 4.78 is 16.2. The predicted octanol–water partition coefficient (Wildman–Crippen LogP) is 5.13. The number of fused-ring (bicyclic) bond motifs is 5. The van der Waals surface area contributed by atoms with E-state index in [9.17, 15) is 19.8 Å². The van der Waals surface area contributed by atoms with Crippen molar-refractivity contribution in [2.45, 2.75) is 64.4 Å². The number of hydrogen-bond donors (Lipinski definition) is 2. The number of aromatic hydroxyl groups is 2. The van der Waals surface area contributed by atoms with E-state index in [0.29, 0.717) is 17.8 Å². The maximum absolute atomic E-state index is 13.5. The minimum Gasteiger partial charge on any atom is -0.507 e. The van der Waals surface area contributed by atoms with E-state index < -0.39 is 0 Å². The normalized spacial score (nSPS) is 28.4. The molecule has 2 fully saturated rings. The van der Waals surface area contributed by atoms with Gasteiger partial charge in [-0.15, -0.1) is 0 Å². The van der Waals surface area contributed by atoms with Crippen LogP contribution in [-0.2, 0) is 16.0 Å². The van der Waals surface area contributed by atoms with Crippen molar-refractivity contribution in [1.29, 1.82) is 0 Å². The number of ketones is 1. The number of aryl methyl sites for hydroxylation is 1. The van der Waals surface area contributed by atoms with Gasteiger partial charge in [0.05, 0.1) is 19.8 Å². The van der Waals surface area contributed by atoms with E-state index in [1.807, 2.05) is 6.07 Å². The van der Waals surface area contributed by atoms with Crippen molar-refractivity contribution >= 4 is 11.8 Å². The fourth-order valence-electron chi connectivity index (χ4n) is 7.32. The lowest BCUT2D eigenvalue weighted by molar-refractivity contribution is -0.154. The first-order chi connectivity index (χ1) is 17.2. The van der Waals surface area contributed by atoms with E-state index in [1.54, 1.807) is 6.07 Å². The third kappa shape index (κ3) is 3.80. The van der Waals surface area contributed by atoms with E-state index in [-0.39, 0.29) is 57.4 Å². The average Bonchev–Trinajstić information content (AvgIpc) is 3.18. The third-order valence-electron chi connectivity index (χ3n) is 9.05. The van der Waals surface area contributed by atoms with Crippen LogP contribution in [0.15, 0.2) is 24.3 Å². The topological polar surface area (TPSA) is 102 Å². The molecule has 2 saturated carbocycles. The van der Waals surface area contributed by atoms with Gasteiger partial charge in [0, 0.05) is 17.9 Å². The Balaban J connectivity index is 1.49. The smallest absolute Gasteiger partial charge is 0.302 e. The summed E-state index contributed by atoms with van der Waals surface area (Å²) in [6.45, 7) is 3.77. The highest BCUT2D eigenvalue weighted by Crippen LogP contribution is 2.61. The third-order valence-corrected chi connectivity index (χ3v) is 9.05. The molecule has 0 bridgehead atoms. The summed E-state index contributed by atoms with van der Waals surface area (Å²) in [5.41, 5.74) is 2.73. The molecule has 0 aromatic heterocycles. The Morgan fingerprint density at radius 3 is 2.31 bits per heavy atom.